The Bertz CT molecular complexity index is 223. The van der Waals surface area contributed by atoms with Crippen LogP contribution in [0.1, 0.15) is 32.1 Å². The normalized spacial score (nSPS) is 27.7. The number of nitrogens with one attached hydrogen (secondary N) is 1. The molecular weight excluding hydrogens is 224 g/mol. The van der Waals surface area contributed by atoms with Crippen LogP contribution in [0.2, 0.25) is 0 Å². The SMILES string of the molecule is CNCCCC(=O)N1CC2CCCC2C1.Cl. The molecule has 1 saturated carbocycles. The molecule has 0 aromatic heterocycles. The lowest BCUT2D eigenvalue weighted by Crippen LogP contribution is -2.29. The van der Waals surface area contributed by atoms with E-state index in [9.17, 15) is 4.79 Å². The minimum atomic E-state index is 0. The number of halogens is 1. The lowest BCUT2D eigenvalue weighted by Gasteiger charge is -2.17. The number of rotatable bonds is 4. The highest BCUT2D eigenvalue weighted by Gasteiger charge is 2.37. The summed E-state index contributed by atoms with van der Waals surface area (Å²) >= 11 is 0. The number of hydrogen-bond acceptors (Lipinski definition) is 2. The van der Waals surface area contributed by atoms with E-state index in [0.717, 1.165) is 44.3 Å². The number of fused-ring (bicyclic) bond motifs is 1. The van der Waals surface area contributed by atoms with Crippen LogP contribution in [0.3, 0.4) is 0 Å². The van der Waals surface area contributed by atoms with Crippen molar-refractivity contribution in [1.82, 2.24) is 10.2 Å². The van der Waals surface area contributed by atoms with Crippen LogP contribution < -0.4 is 5.32 Å². The zero-order chi connectivity index (χ0) is 10.7. The predicted octanol–water partition coefficient (Wildman–Crippen LogP) is 1.67. The van der Waals surface area contributed by atoms with Crippen LogP contribution in [0.25, 0.3) is 0 Å². The molecule has 0 spiro atoms. The zero-order valence-electron chi connectivity index (χ0n) is 10.1. The summed E-state index contributed by atoms with van der Waals surface area (Å²) in [7, 11) is 1.94. The Morgan fingerprint density at radius 3 is 2.50 bits per heavy atom. The monoisotopic (exact) mass is 246 g/mol. The molecule has 2 unspecified atom stereocenters. The molecule has 1 aliphatic heterocycles. The number of carbonyl (C=O) groups excluding carboxylic acids is 1. The second-order valence-electron chi connectivity index (χ2n) is 4.96. The molecule has 2 rings (SSSR count). The van der Waals surface area contributed by atoms with Gasteiger partial charge in [0.1, 0.15) is 0 Å². The smallest absolute Gasteiger partial charge is 0.222 e. The van der Waals surface area contributed by atoms with E-state index in [1.807, 2.05) is 7.05 Å². The Labute approximate surface area is 104 Å². The third-order valence-electron chi connectivity index (χ3n) is 3.90. The van der Waals surface area contributed by atoms with E-state index < -0.39 is 0 Å². The molecule has 0 bridgehead atoms. The predicted molar refractivity (Wildman–Crippen MR) is 67.8 cm³/mol. The minimum Gasteiger partial charge on any atom is -0.342 e. The average Bonchev–Trinajstić information content (AvgIpc) is 2.76. The first-order chi connectivity index (χ1) is 7.31. The van der Waals surface area contributed by atoms with Crippen molar-refractivity contribution in [2.75, 3.05) is 26.7 Å². The molecule has 1 aliphatic carbocycles. The van der Waals surface area contributed by atoms with Crippen molar-refractivity contribution in [3.05, 3.63) is 0 Å². The third kappa shape index (κ3) is 3.11. The first-order valence-corrected chi connectivity index (χ1v) is 6.23. The number of carbonyl (C=O) groups is 1. The van der Waals surface area contributed by atoms with Crippen LogP contribution in [0.4, 0.5) is 0 Å². The van der Waals surface area contributed by atoms with Gasteiger partial charge < -0.3 is 10.2 Å². The maximum Gasteiger partial charge on any atom is 0.222 e. The summed E-state index contributed by atoms with van der Waals surface area (Å²) in [5.41, 5.74) is 0. The van der Waals surface area contributed by atoms with Crippen molar-refractivity contribution < 1.29 is 4.79 Å². The van der Waals surface area contributed by atoms with E-state index in [-0.39, 0.29) is 12.4 Å². The Hall–Kier alpha value is -0.280. The maximum atomic E-state index is 11.8. The van der Waals surface area contributed by atoms with Gasteiger partial charge in [0, 0.05) is 19.5 Å². The lowest BCUT2D eigenvalue weighted by molar-refractivity contribution is -0.130. The highest BCUT2D eigenvalue weighted by Crippen LogP contribution is 2.37. The van der Waals surface area contributed by atoms with Gasteiger partial charge in [-0.05, 0) is 44.7 Å². The summed E-state index contributed by atoms with van der Waals surface area (Å²) in [5.74, 6) is 2.04. The fraction of sp³-hybridized carbons (Fsp3) is 0.917. The van der Waals surface area contributed by atoms with Gasteiger partial charge in [0.25, 0.3) is 0 Å². The fourth-order valence-corrected chi connectivity index (χ4v) is 3.01. The van der Waals surface area contributed by atoms with Gasteiger partial charge in [-0.2, -0.15) is 0 Å². The first-order valence-electron chi connectivity index (χ1n) is 6.23. The summed E-state index contributed by atoms with van der Waals surface area (Å²) < 4.78 is 0. The second kappa shape index (κ2) is 6.45. The number of nitrogens with zero attached hydrogens (tertiary/aromatic N) is 1. The molecule has 1 N–H and O–H groups in total. The standard InChI is InChI=1S/C12H22N2O.ClH/c1-13-7-3-6-12(15)14-8-10-4-2-5-11(10)9-14;/h10-11,13H,2-9H2,1H3;1H. The molecule has 3 nitrogen and oxygen atoms in total. The Morgan fingerprint density at radius 2 is 1.94 bits per heavy atom. The van der Waals surface area contributed by atoms with Crippen molar-refractivity contribution >= 4 is 18.3 Å². The lowest BCUT2D eigenvalue weighted by atomic mass is 10.0. The van der Waals surface area contributed by atoms with Crippen molar-refractivity contribution in [3.63, 3.8) is 0 Å². The summed E-state index contributed by atoms with van der Waals surface area (Å²) in [6.07, 6.45) is 5.79. The molecule has 4 heteroatoms. The third-order valence-corrected chi connectivity index (χ3v) is 3.90. The fourth-order valence-electron chi connectivity index (χ4n) is 3.01. The molecule has 0 aromatic carbocycles. The molecule has 2 fully saturated rings. The molecule has 1 amide bonds. The van der Waals surface area contributed by atoms with Crippen molar-refractivity contribution in [2.45, 2.75) is 32.1 Å². The van der Waals surface area contributed by atoms with Gasteiger partial charge in [-0.1, -0.05) is 6.42 Å². The summed E-state index contributed by atoms with van der Waals surface area (Å²) in [5, 5.41) is 3.08. The highest BCUT2D eigenvalue weighted by molar-refractivity contribution is 5.85. The van der Waals surface area contributed by atoms with E-state index in [0.29, 0.717) is 5.91 Å². The van der Waals surface area contributed by atoms with E-state index in [1.165, 1.54) is 19.3 Å². The van der Waals surface area contributed by atoms with Crippen LogP contribution in [-0.4, -0.2) is 37.5 Å². The summed E-state index contributed by atoms with van der Waals surface area (Å²) in [4.78, 5) is 14.0. The van der Waals surface area contributed by atoms with Gasteiger partial charge in [-0.15, -0.1) is 12.4 Å². The van der Waals surface area contributed by atoms with E-state index in [1.54, 1.807) is 0 Å². The quantitative estimate of drug-likeness (QED) is 0.766. The molecule has 94 valence electrons. The average molecular weight is 247 g/mol. The topological polar surface area (TPSA) is 32.3 Å². The number of amides is 1. The molecule has 2 atom stereocenters. The van der Waals surface area contributed by atoms with Gasteiger partial charge in [0.05, 0.1) is 0 Å². The molecule has 0 aromatic rings. The highest BCUT2D eigenvalue weighted by atomic mass is 35.5. The Kier molecular flexibility index (Phi) is 5.56. The number of likely N-dealkylation sites (tertiary alicyclic amines) is 1. The minimum absolute atomic E-state index is 0. The van der Waals surface area contributed by atoms with Crippen LogP contribution >= 0.6 is 12.4 Å². The zero-order valence-corrected chi connectivity index (χ0v) is 10.9. The van der Waals surface area contributed by atoms with Gasteiger partial charge in [-0.3, -0.25) is 4.79 Å². The summed E-state index contributed by atoms with van der Waals surface area (Å²) in [6, 6.07) is 0. The van der Waals surface area contributed by atoms with Crippen molar-refractivity contribution in [3.8, 4) is 0 Å². The largest absolute Gasteiger partial charge is 0.342 e. The van der Waals surface area contributed by atoms with Gasteiger partial charge in [0.2, 0.25) is 5.91 Å². The molecular formula is C12H23ClN2O. The first kappa shape index (κ1) is 13.8. The van der Waals surface area contributed by atoms with Crippen LogP contribution in [0, 0.1) is 11.8 Å². The van der Waals surface area contributed by atoms with Gasteiger partial charge in [-0.25, -0.2) is 0 Å². The van der Waals surface area contributed by atoms with E-state index in [2.05, 4.69) is 10.2 Å². The molecule has 1 saturated heterocycles. The van der Waals surface area contributed by atoms with E-state index >= 15 is 0 Å². The van der Waals surface area contributed by atoms with Crippen LogP contribution in [0.15, 0.2) is 0 Å². The Morgan fingerprint density at radius 1 is 1.31 bits per heavy atom. The van der Waals surface area contributed by atoms with Gasteiger partial charge in [0.15, 0.2) is 0 Å². The van der Waals surface area contributed by atoms with Crippen molar-refractivity contribution in [2.24, 2.45) is 11.8 Å². The summed E-state index contributed by atoms with van der Waals surface area (Å²) in [6.45, 7) is 3.04. The molecule has 16 heavy (non-hydrogen) atoms. The second-order valence-corrected chi connectivity index (χ2v) is 4.96. The van der Waals surface area contributed by atoms with Crippen LogP contribution in [0.5, 0.6) is 0 Å². The van der Waals surface area contributed by atoms with Gasteiger partial charge >= 0.3 is 0 Å². The Balaban J connectivity index is 0.00000128. The molecule has 2 aliphatic rings. The molecule has 1 heterocycles. The van der Waals surface area contributed by atoms with Crippen LogP contribution in [-0.2, 0) is 4.79 Å². The molecule has 0 radical (unpaired) electrons. The number of hydrogen-bond donors (Lipinski definition) is 1. The van der Waals surface area contributed by atoms with Crippen molar-refractivity contribution in [1.29, 1.82) is 0 Å². The van der Waals surface area contributed by atoms with E-state index in [4.69, 9.17) is 0 Å². The maximum absolute atomic E-state index is 11.8.